The number of anilines is 2. The maximum atomic E-state index is 12.5. The van der Waals surface area contributed by atoms with E-state index < -0.39 is 0 Å². The molecule has 1 N–H and O–H groups in total. The van der Waals surface area contributed by atoms with E-state index in [2.05, 4.69) is 33.9 Å². The van der Waals surface area contributed by atoms with Gasteiger partial charge in [-0.25, -0.2) is 0 Å². The van der Waals surface area contributed by atoms with Gasteiger partial charge in [-0.05, 0) is 55.2 Å². The lowest BCUT2D eigenvalue weighted by Gasteiger charge is -2.39. The zero-order chi connectivity index (χ0) is 22.3. The summed E-state index contributed by atoms with van der Waals surface area (Å²) in [7, 11) is 0. The van der Waals surface area contributed by atoms with Gasteiger partial charge in [-0.1, -0.05) is 26.7 Å². The Morgan fingerprint density at radius 3 is 2.47 bits per heavy atom. The minimum atomic E-state index is 0.0105. The smallest absolute Gasteiger partial charge is 0.231 e. The van der Waals surface area contributed by atoms with Crippen molar-refractivity contribution in [3.63, 3.8) is 0 Å². The van der Waals surface area contributed by atoms with E-state index >= 15 is 0 Å². The molecular formula is C26H36N4O2. The number of likely N-dealkylation sites (tertiary alicyclic amines) is 1. The molecule has 0 bridgehead atoms. The molecule has 32 heavy (non-hydrogen) atoms. The van der Waals surface area contributed by atoms with Crippen molar-refractivity contribution in [2.24, 2.45) is 11.8 Å². The molecule has 0 atom stereocenters. The number of rotatable bonds is 9. The quantitative estimate of drug-likeness (QED) is 0.630. The van der Waals surface area contributed by atoms with E-state index in [-0.39, 0.29) is 17.9 Å². The lowest BCUT2D eigenvalue weighted by molar-refractivity contribution is -0.120. The van der Waals surface area contributed by atoms with E-state index in [1.807, 2.05) is 42.6 Å². The number of pyridine rings is 1. The number of carbonyl (C=O) groups excluding carboxylic acids is 1. The van der Waals surface area contributed by atoms with Crippen LogP contribution in [0.15, 0.2) is 48.8 Å². The predicted molar refractivity (Wildman–Crippen MR) is 129 cm³/mol. The molecule has 1 aromatic carbocycles. The zero-order valence-corrected chi connectivity index (χ0v) is 19.4. The molecule has 0 spiro atoms. The Balaban J connectivity index is 1.18. The summed E-state index contributed by atoms with van der Waals surface area (Å²) in [6, 6.07) is 11.8. The molecule has 2 aliphatic rings. The molecule has 6 heteroatoms. The van der Waals surface area contributed by atoms with Crippen LogP contribution in [-0.2, 0) is 4.79 Å². The summed E-state index contributed by atoms with van der Waals surface area (Å²) < 4.78 is 6.21. The second kappa shape index (κ2) is 10.8. The van der Waals surface area contributed by atoms with E-state index in [1.165, 1.54) is 19.4 Å². The molecule has 2 saturated heterocycles. The van der Waals surface area contributed by atoms with Crippen LogP contribution in [0.2, 0.25) is 0 Å². The first-order valence-corrected chi connectivity index (χ1v) is 12.1. The Labute approximate surface area is 192 Å². The van der Waals surface area contributed by atoms with Crippen molar-refractivity contribution in [3.8, 4) is 5.75 Å². The summed E-state index contributed by atoms with van der Waals surface area (Å²) in [5.41, 5.74) is 1.89. The molecule has 1 amide bonds. The van der Waals surface area contributed by atoms with Gasteiger partial charge in [0.1, 0.15) is 11.9 Å². The molecule has 2 aromatic rings. The number of hydrogen-bond donors (Lipinski definition) is 1. The number of ether oxygens (including phenoxy) is 1. The standard InChI is InChI=1S/C26H36N4O2/c1-3-20(4-2)17-29-14-11-25(12-15-29)32-24-9-7-22(8-10-24)28-26(31)21-18-30(19-21)23-6-5-13-27-16-23/h5-10,13,16,20-21,25H,3-4,11-12,14-15,17-19H2,1-2H3,(H,28,31). The number of nitrogens with one attached hydrogen (secondary N) is 1. The number of benzene rings is 1. The monoisotopic (exact) mass is 436 g/mol. The lowest BCUT2D eigenvalue weighted by atomic mass is 9.98. The summed E-state index contributed by atoms with van der Waals surface area (Å²) in [5, 5.41) is 3.04. The van der Waals surface area contributed by atoms with Crippen LogP contribution in [0.1, 0.15) is 39.5 Å². The van der Waals surface area contributed by atoms with Gasteiger partial charge in [0.05, 0.1) is 17.8 Å². The second-order valence-electron chi connectivity index (χ2n) is 9.13. The van der Waals surface area contributed by atoms with Gasteiger partial charge in [0, 0.05) is 44.6 Å². The van der Waals surface area contributed by atoms with E-state index in [9.17, 15) is 4.79 Å². The van der Waals surface area contributed by atoms with Gasteiger partial charge in [0.25, 0.3) is 0 Å². The van der Waals surface area contributed by atoms with Gasteiger partial charge in [0.2, 0.25) is 5.91 Å². The molecule has 6 nitrogen and oxygen atoms in total. The van der Waals surface area contributed by atoms with Gasteiger partial charge in [-0.3, -0.25) is 9.78 Å². The summed E-state index contributed by atoms with van der Waals surface area (Å²) in [6.07, 6.45) is 8.56. The topological polar surface area (TPSA) is 57.7 Å². The fraction of sp³-hybridized carbons (Fsp3) is 0.538. The minimum Gasteiger partial charge on any atom is -0.490 e. The summed E-state index contributed by atoms with van der Waals surface area (Å²) in [4.78, 5) is 21.4. The van der Waals surface area contributed by atoms with Gasteiger partial charge >= 0.3 is 0 Å². The first kappa shape index (κ1) is 22.6. The molecule has 2 fully saturated rings. The van der Waals surface area contributed by atoms with Gasteiger partial charge < -0.3 is 19.9 Å². The maximum Gasteiger partial charge on any atom is 0.231 e. The molecule has 0 saturated carbocycles. The number of piperidine rings is 1. The van der Waals surface area contributed by atoms with Crippen molar-refractivity contribution in [1.82, 2.24) is 9.88 Å². The second-order valence-corrected chi connectivity index (χ2v) is 9.13. The van der Waals surface area contributed by atoms with Crippen molar-refractivity contribution >= 4 is 17.3 Å². The van der Waals surface area contributed by atoms with Crippen LogP contribution in [0, 0.1) is 11.8 Å². The molecule has 0 radical (unpaired) electrons. The van der Waals surface area contributed by atoms with Gasteiger partial charge in [-0.2, -0.15) is 0 Å². The minimum absolute atomic E-state index is 0.0105. The third-order valence-corrected chi connectivity index (χ3v) is 6.89. The van der Waals surface area contributed by atoms with E-state index in [4.69, 9.17) is 4.74 Å². The fourth-order valence-corrected chi connectivity index (χ4v) is 4.57. The average Bonchev–Trinajstić information content (AvgIpc) is 2.79. The van der Waals surface area contributed by atoms with Crippen LogP contribution in [0.5, 0.6) is 5.75 Å². The number of hydrogen-bond acceptors (Lipinski definition) is 5. The van der Waals surface area contributed by atoms with Crippen LogP contribution in [-0.4, -0.2) is 54.6 Å². The Morgan fingerprint density at radius 1 is 1.12 bits per heavy atom. The number of nitrogens with zero attached hydrogens (tertiary/aromatic N) is 3. The average molecular weight is 437 g/mol. The molecule has 3 heterocycles. The number of carbonyl (C=O) groups is 1. The summed E-state index contributed by atoms with van der Waals surface area (Å²) >= 11 is 0. The Bertz CT molecular complexity index is 840. The van der Waals surface area contributed by atoms with Crippen LogP contribution >= 0.6 is 0 Å². The van der Waals surface area contributed by atoms with E-state index in [1.54, 1.807) is 6.20 Å². The molecule has 2 aliphatic heterocycles. The van der Waals surface area contributed by atoms with Crippen LogP contribution in [0.3, 0.4) is 0 Å². The normalized spacial score (nSPS) is 17.9. The van der Waals surface area contributed by atoms with Crippen molar-refractivity contribution in [2.75, 3.05) is 42.9 Å². The highest BCUT2D eigenvalue weighted by molar-refractivity contribution is 5.94. The molecule has 4 rings (SSSR count). The Morgan fingerprint density at radius 2 is 1.84 bits per heavy atom. The van der Waals surface area contributed by atoms with Gasteiger partial charge in [0.15, 0.2) is 0 Å². The number of aromatic nitrogens is 1. The van der Waals surface area contributed by atoms with Crippen LogP contribution in [0.4, 0.5) is 11.4 Å². The third-order valence-electron chi connectivity index (χ3n) is 6.89. The third kappa shape index (κ3) is 5.80. The largest absolute Gasteiger partial charge is 0.490 e. The highest BCUT2D eigenvalue weighted by Crippen LogP contribution is 2.26. The first-order valence-electron chi connectivity index (χ1n) is 12.1. The van der Waals surface area contributed by atoms with E-state index in [0.717, 1.165) is 62.1 Å². The Hall–Kier alpha value is -2.60. The zero-order valence-electron chi connectivity index (χ0n) is 19.4. The first-order chi connectivity index (χ1) is 15.6. The molecular weight excluding hydrogens is 400 g/mol. The molecule has 172 valence electrons. The maximum absolute atomic E-state index is 12.5. The fourth-order valence-electron chi connectivity index (χ4n) is 4.57. The van der Waals surface area contributed by atoms with Crippen molar-refractivity contribution in [1.29, 1.82) is 0 Å². The lowest BCUT2D eigenvalue weighted by Crippen LogP contribution is -2.52. The predicted octanol–water partition coefficient (Wildman–Crippen LogP) is 4.44. The SMILES string of the molecule is CCC(CC)CN1CCC(Oc2ccc(NC(=O)C3CN(c4cccnc4)C3)cc2)CC1. The molecule has 0 aliphatic carbocycles. The van der Waals surface area contributed by atoms with E-state index in [0.29, 0.717) is 0 Å². The number of amides is 1. The molecule has 0 unspecified atom stereocenters. The van der Waals surface area contributed by atoms with Crippen LogP contribution in [0.25, 0.3) is 0 Å². The highest BCUT2D eigenvalue weighted by atomic mass is 16.5. The Kier molecular flexibility index (Phi) is 7.63. The van der Waals surface area contributed by atoms with Gasteiger partial charge in [-0.15, -0.1) is 0 Å². The summed E-state index contributed by atoms with van der Waals surface area (Å²) in [5.74, 6) is 1.78. The molecule has 1 aromatic heterocycles. The van der Waals surface area contributed by atoms with Crippen LogP contribution < -0.4 is 15.0 Å². The van der Waals surface area contributed by atoms with Crippen molar-refractivity contribution in [2.45, 2.75) is 45.6 Å². The summed E-state index contributed by atoms with van der Waals surface area (Å²) in [6.45, 7) is 9.50. The van der Waals surface area contributed by atoms with Crippen molar-refractivity contribution in [3.05, 3.63) is 48.8 Å². The highest BCUT2D eigenvalue weighted by Gasteiger charge is 2.33. The van der Waals surface area contributed by atoms with Crippen molar-refractivity contribution < 1.29 is 9.53 Å².